The molecule has 5 nitrogen and oxygen atoms in total. The van der Waals surface area contributed by atoms with Gasteiger partial charge in [0.15, 0.2) is 0 Å². The van der Waals surface area contributed by atoms with E-state index in [2.05, 4.69) is 5.32 Å². The number of amides is 2. The standard InChI is InChI=1S/C19H27FN2O3/c1-14-11-22(13-19(25-14)7-3-2-4-8-19)18(24)21-10-15-5-6-16(12-23)17(20)9-15/h5-6,9,14,23H,2-4,7-8,10-13H2,1H3,(H,21,24). The van der Waals surface area contributed by atoms with Crippen LogP contribution < -0.4 is 5.32 Å². The molecule has 1 saturated carbocycles. The third-order valence-corrected chi connectivity index (χ3v) is 5.19. The minimum Gasteiger partial charge on any atom is -0.392 e. The lowest BCUT2D eigenvalue weighted by Crippen LogP contribution is -2.59. The summed E-state index contributed by atoms with van der Waals surface area (Å²) in [6.45, 7) is 3.15. The van der Waals surface area contributed by atoms with Gasteiger partial charge in [0.25, 0.3) is 0 Å². The zero-order valence-electron chi connectivity index (χ0n) is 14.8. The number of ether oxygens (including phenoxy) is 1. The molecule has 1 atom stereocenters. The molecule has 2 N–H and O–H groups in total. The van der Waals surface area contributed by atoms with E-state index < -0.39 is 5.82 Å². The molecule has 138 valence electrons. The maximum Gasteiger partial charge on any atom is 0.317 e. The minimum atomic E-state index is -0.449. The van der Waals surface area contributed by atoms with Gasteiger partial charge in [0.05, 0.1) is 24.9 Å². The molecule has 1 saturated heterocycles. The molecule has 6 heteroatoms. The number of nitrogens with one attached hydrogen (secondary N) is 1. The molecule has 25 heavy (non-hydrogen) atoms. The second kappa shape index (κ2) is 7.70. The van der Waals surface area contributed by atoms with Crippen molar-refractivity contribution in [3.8, 4) is 0 Å². The summed E-state index contributed by atoms with van der Waals surface area (Å²) < 4.78 is 19.9. The van der Waals surface area contributed by atoms with Crippen LogP contribution in [-0.4, -0.2) is 40.8 Å². The summed E-state index contributed by atoms with van der Waals surface area (Å²) in [5.41, 5.74) is 0.746. The highest BCUT2D eigenvalue weighted by atomic mass is 19.1. The average Bonchev–Trinajstić information content (AvgIpc) is 2.59. The van der Waals surface area contributed by atoms with Gasteiger partial charge in [-0.2, -0.15) is 0 Å². The van der Waals surface area contributed by atoms with Crippen molar-refractivity contribution in [2.24, 2.45) is 0 Å². The Labute approximate surface area is 148 Å². The normalized spacial score (nSPS) is 22.8. The summed E-state index contributed by atoms with van der Waals surface area (Å²) in [4.78, 5) is 14.4. The fraction of sp³-hybridized carbons (Fsp3) is 0.632. The van der Waals surface area contributed by atoms with Crippen molar-refractivity contribution in [3.05, 3.63) is 35.1 Å². The van der Waals surface area contributed by atoms with E-state index >= 15 is 0 Å². The number of halogens is 1. The number of morpholine rings is 1. The Morgan fingerprint density at radius 1 is 1.40 bits per heavy atom. The van der Waals surface area contributed by atoms with Crippen molar-refractivity contribution in [1.82, 2.24) is 10.2 Å². The molecule has 3 rings (SSSR count). The van der Waals surface area contributed by atoms with Crippen molar-refractivity contribution in [2.75, 3.05) is 13.1 Å². The number of hydrogen-bond acceptors (Lipinski definition) is 3. The lowest BCUT2D eigenvalue weighted by molar-refractivity contribution is -0.153. The van der Waals surface area contributed by atoms with Gasteiger partial charge in [0.1, 0.15) is 5.82 Å². The predicted octanol–water partition coefficient (Wildman–Crippen LogP) is 2.95. The summed E-state index contributed by atoms with van der Waals surface area (Å²) >= 11 is 0. The van der Waals surface area contributed by atoms with Gasteiger partial charge in [0, 0.05) is 18.7 Å². The largest absolute Gasteiger partial charge is 0.392 e. The number of benzene rings is 1. The number of carbonyl (C=O) groups excluding carboxylic acids is 1. The molecule has 1 unspecified atom stereocenters. The summed E-state index contributed by atoms with van der Waals surface area (Å²) in [7, 11) is 0. The van der Waals surface area contributed by atoms with E-state index in [9.17, 15) is 9.18 Å². The highest BCUT2D eigenvalue weighted by Crippen LogP contribution is 2.36. The monoisotopic (exact) mass is 350 g/mol. The number of nitrogens with zero attached hydrogens (tertiary/aromatic N) is 1. The first-order valence-corrected chi connectivity index (χ1v) is 9.10. The molecular weight excluding hydrogens is 323 g/mol. The summed E-state index contributed by atoms with van der Waals surface area (Å²) in [5, 5.41) is 11.9. The molecule has 1 aliphatic carbocycles. The molecule has 1 spiro atoms. The van der Waals surface area contributed by atoms with Crippen molar-refractivity contribution in [2.45, 2.75) is 63.9 Å². The zero-order chi connectivity index (χ0) is 17.9. The van der Waals surface area contributed by atoms with E-state index in [1.807, 2.05) is 11.8 Å². The van der Waals surface area contributed by atoms with Gasteiger partial charge in [-0.15, -0.1) is 0 Å². The van der Waals surface area contributed by atoms with Crippen LogP contribution in [0.4, 0.5) is 9.18 Å². The summed E-state index contributed by atoms with van der Waals surface area (Å²) in [5.74, 6) is -0.449. The number of carbonyl (C=O) groups is 1. The highest BCUT2D eigenvalue weighted by molar-refractivity contribution is 5.74. The fourth-order valence-corrected chi connectivity index (χ4v) is 3.97. The first-order chi connectivity index (χ1) is 12.0. The molecule has 1 heterocycles. The fourth-order valence-electron chi connectivity index (χ4n) is 3.97. The number of aliphatic hydroxyl groups excluding tert-OH is 1. The van der Waals surface area contributed by atoms with Gasteiger partial charge in [0.2, 0.25) is 0 Å². The molecule has 2 aliphatic rings. The summed E-state index contributed by atoms with van der Waals surface area (Å²) in [6, 6.07) is 4.49. The van der Waals surface area contributed by atoms with Crippen LogP contribution in [0.2, 0.25) is 0 Å². The summed E-state index contributed by atoms with van der Waals surface area (Å²) in [6.07, 6.45) is 5.58. The van der Waals surface area contributed by atoms with Gasteiger partial charge in [-0.3, -0.25) is 0 Å². The number of rotatable bonds is 3. The lowest BCUT2D eigenvalue weighted by Gasteiger charge is -2.47. The van der Waals surface area contributed by atoms with Crippen LogP contribution >= 0.6 is 0 Å². The number of urea groups is 1. The topological polar surface area (TPSA) is 61.8 Å². The molecule has 1 aliphatic heterocycles. The van der Waals surface area contributed by atoms with Crippen LogP contribution in [0, 0.1) is 5.82 Å². The average molecular weight is 350 g/mol. The molecule has 2 amide bonds. The Morgan fingerprint density at radius 2 is 2.16 bits per heavy atom. The smallest absolute Gasteiger partial charge is 0.317 e. The first-order valence-electron chi connectivity index (χ1n) is 9.10. The van der Waals surface area contributed by atoms with Gasteiger partial charge in [-0.1, -0.05) is 31.4 Å². The van der Waals surface area contributed by atoms with Crippen LogP contribution in [0.3, 0.4) is 0 Å². The quantitative estimate of drug-likeness (QED) is 0.881. The molecule has 0 radical (unpaired) electrons. The SMILES string of the molecule is CC1CN(C(=O)NCc2ccc(CO)c(F)c2)CC2(CCCCC2)O1. The number of aliphatic hydroxyl groups is 1. The minimum absolute atomic E-state index is 0.0267. The maximum absolute atomic E-state index is 13.7. The van der Waals surface area contributed by atoms with Crippen molar-refractivity contribution in [1.29, 1.82) is 0 Å². The molecule has 1 aromatic carbocycles. The predicted molar refractivity (Wildman–Crippen MR) is 92.5 cm³/mol. The third-order valence-electron chi connectivity index (χ3n) is 5.19. The second-order valence-electron chi connectivity index (χ2n) is 7.30. The van der Waals surface area contributed by atoms with E-state index in [0.717, 1.165) is 25.7 Å². The third kappa shape index (κ3) is 4.30. The molecule has 1 aromatic rings. The van der Waals surface area contributed by atoms with Crippen molar-refractivity contribution in [3.63, 3.8) is 0 Å². The van der Waals surface area contributed by atoms with E-state index in [1.54, 1.807) is 12.1 Å². The number of hydrogen-bond donors (Lipinski definition) is 2. The Bertz CT molecular complexity index is 617. The van der Waals surface area contributed by atoms with E-state index in [4.69, 9.17) is 9.84 Å². The van der Waals surface area contributed by atoms with Gasteiger partial charge in [-0.25, -0.2) is 9.18 Å². The van der Waals surface area contributed by atoms with E-state index in [1.165, 1.54) is 12.5 Å². The van der Waals surface area contributed by atoms with Crippen LogP contribution in [0.5, 0.6) is 0 Å². The van der Waals surface area contributed by atoms with Crippen LogP contribution in [-0.2, 0) is 17.9 Å². The van der Waals surface area contributed by atoms with Gasteiger partial charge in [-0.05, 0) is 31.4 Å². The van der Waals surface area contributed by atoms with Crippen LogP contribution in [0.15, 0.2) is 18.2 Å². The molecule has 2 fully saturated rings. The first kappa shape index (κ1) is 18.1. The molecule has 0 bridgehead atoms. The lowest BCUT2D eigenvalue weighted by atomic mass is 9.83. The van der Waals surface area contributed by atoms with Crippen LogP contribution in [0.25, 0.3) is 0 Å². The van der Waals surface area contributed by atoms with E-state index in [0.29, 0.717) is 18.7 Å². The Morgan fingerprint density at radius 3 is 2.84 bits per heavy atom. The Balaban J connectivity index is 1.59. The van der Waals surface area contributed by atoms with E-state index in [-0.39, 0.29) is 36.5 Å². The van der Waals surface area contributed by atoms with Crippen LogP contribution in [0.1, 0.15) is 50.2 Å². The van der Waals surface area contributed by atoms with Crippen molar-refractivity contribution < 1.29 is 19.0 Å². The zero-order valence-corrected chi connectivity index (χ0v) is 14.8. The second-order valence-corrected chi connectivity index (χ2v) is 7.30. The highest BCUT2D eigenvalue weighted by Gasteiger charge is 2.41. The maximum atomic E-state index is 13.7. The molecule has 0 aromatic heterocycles. The van der Waals surface area contributed by atoms with Gasteiger partial charge < -0.3 is 20.1 Å². The Hall–Kier alpha value is -1.66. The van der Waals surface area contributed by atoms with Gasteiger partial charge >= 0.3 is 6.03 Å². The Kier molecular flexibility index (Phi) is 5.59. The van der Waals surface area contributed by atoms with Crippen molar-refractivity contribution >= 4 is 6.03 Å². The molecular formula is C19H27FN2O3.